The highest BCUT2D eigenvalue weighted by Gasteiger charge is 2.47. The average Bonchev–Trinajstić information content (AvgIpc) is 2.81. The fourth-order valence-electron chi connectivity index (χ4n) is 5.84. The van der Waals surface area contributed by atoms with Crippen molar-refractivity contribution in [3.05, 3.63) is 53.6 Å². The number of unbranched alkanes of at least 4 members (excludes halogenated alkanes) is 3. The van der Waals surface area contributed by atoms with Gasteiger partial charge in [-0.1, -0.05) is 52.5 Å². The van der Waals surface area contributed by atoms with Crippen LogP contribution in [-0.4, -0.2) is 21.5 Å². The average molecular weight is 477 g/mol. The third-order valence-electron chi connectivity index (χ3n) is 7.89. The molecule has 0 radical (unpaired) electrons. The van der Waals surface area contributed by atoms with E-state index in [9.17, 15) is 4.79 Å². The van der Waals surface area contributed by atoms with Crippen LogP contribution in [-0.2, 0) is 10.2 Å². The number of allylic oxidation sites excluding steroid dienone is 2. The summed E-state index contributed by atoms with van der Waals surface area (Å²) in [6.45, 7) is 12.7. The smallest absolute Gasteiger partial charge is 0.308 e. The highest BCUT2D eigenvalue weighted by atomic mass is 16.5. The lowest BCUT2D eigenvalue weighted by Gasteiger charge is -2.47. The first-order valence-electron chi connectivity index (χ1n) is 13.1. The van der Waals surface area contributed by atoms with Gasteiger partial charge in [0, 0.05) is 30.5 Å². The second-order valence-corrected chi connectivity index (χ2v) is 11.4. The van der Waals surface area contributed by atoms with E-state index >= 15 is 0 Å². The molecule has 0 saturated heterocycles. The molecule has 0 fully saturated rings. The lowest BCUT2D eigenvalue weighted by molar-refractivity contribution is -0.132. The van der Waals surface area contributed by atoms with Crippen LogP contribution in [0.15, 0.2) is 36.8 Å². The largest absolute Gasteiger partial charge is 0.487 e. The molecule has 0 amide bonds. The van der Waals surface area contributed by atoms with Crippen LogP contribution in [0.2, 0.25) is 0 Å². The summed E-state index contributed by atoms with van der Waals surface area (Å²) >= 11 is 0. The number of esters is 1. The van der Waals surface area contributed by atoms with Gasteiger partial charge >= 0.3 is 5.97 Å². The minimum Gasteiger partial charge on any atom is -0.487 e. The van der Waals surface area contributed by atoms with Crippen LogP contribution in [0, 0.1) is 5.92 Å². The maximum atomic E-state index is 12.2. The van der Waals surface area contributed by atoms with Gasteiger partial charge in [0.05, 0.1) is 5.69 Å². The van der Waals surface area contributed by atoms with Crippen LogP contribution in [0.5, 0.6) is 11.5 Å². The minimum absolute atomic E-state index is 0.0411. The number of benzene rings is 1. The zero-order valence-electron chi connectivity index (χ0n) is 22.2. The Hall–Kier alpha value is -2.69. The third kappa shape index (κ3) is 5.44. The second kappa shape index (κ2) is 10.1. The topological polar surface area (TPSA) is 61.3 Å². The van der Waals surface area contributed by atoms with Gasteiger partial charge in [-0.25, -0.2) is 9.97 Å². The van der Waals surface area contributed by atoms with Crippen LogP contribution < -0.4 is 9.47 Å². The van der Waals surface area contributed by atoms with E-state index in [0.717, 1.165) is 36.3 Å². The van der Waals surface area contributed by atoms with Crippen molar-refractivity contribution in [2.24, 2.45) is 5.92 Å². The van der Waals surface area contributed by atoms with E-state index < -0.39 is 0 Å². The maximum absolute atomic E-state index is 12.2. The van der Waals surface area contributed by atoms with Crippen molar-refractivity contribution in [3.8, 4) is 11.5 Å². The van der Waals surface area contributed by atoms with E-state index in [1.54, 1.807) is 12.5 Å². The Morgan fingerprint density at radius 2 is 2.03 bits per heavy atom. The fourth-order valence-corrected chi connectivity index (χ4v) is 5.84. The number of hydrogen-bond donors (Lipinski definition) is 0. The molecule has 5 heteroatoms. The number of hydrogen-bond acceptors (Lipinski definition) is 5. The highest BCUT2D eigenvalue weighted by molar-refractivity contribution is 5.72. The van der Waals surface area contributed by atoms with E-state index in [1.165, 1.54) is 43.7 Å². The van der Waals surface area contributed by atoms with Crippen molar-refractivity contribution in [2.75, 3.05) is 0 Å². The summed E-state index contributed by atoms with van der Waals surface area (Å²) in [5.74, 6) is 1.67. The molecule has 188 valence electrons. The molecule has 0 spiro atoms. The van der Waals surface area contributed by atoms with Gasteiger partial charge in [0.15, 0.2) is 0 Å². The summed E-state index contributed by atoms with van der Waals surface area (Å²) in [6.07, 6.45) is 13.4. The maximum Gasteiger partial charge on any atom is 0.308 e. The molecule has 2 atom stereocenters. The van der Waals surface area contributed by atoms with Crippen molar-refractivity contribution in [1.29, 1.82) is 0 Å². The molecule has 2 heterocycles. The Bertz CT molecular complexity index is 1090. The Kier molecular flexibility index (Phi) is 7.35. The van der Waals surface area contributed by atoms with Gasteiger partial charge in [0.1, 0.15) is 23.4 Å². The van der Waals surface area contributed by atoms with E-state index in [1.807, 2.05) is 6.07 Å². The molecule has 1 aromatic carbocycles. The quantitative estimate of drug-likeness (QED) is 0.226. The van der Waals surface area contributed by atoms with Crippen molar-refractivity contribution >= 4 is 11.5 Å². The summed E-state index contributed by atoms with van der Waals surface area (Å²) in [7, 11) is 0. The molecular weight excluding hydrogens is 436 g/mol. The van der Waals surface area contributed by atoms with Crippen molar-refractivity contribution in [3.63, 3.8) is 0 Å². The summed E-state index contributed by atoms with van der Waals surface area (Å²) in [6, 6.07) is 6.28. The Morgan fingerprint density at radius 1 is 1.23 bits per heavy atom. The van der Waals surface area contributed by atoms with Crippen molar-refractivity contribution in [1.82, 2.24) is 9.97 Å². The van der Waals surface area contributed by atoms with E-state index in [2.05, 4.69) is 62.8 Å². The number of ether oxygens (including phenoxy) is 2. The Labute approximate surface area is 210 Å². The predicted octanol–water partition coefficient (Wildman–Crippen LogP) is 7.40. The molecule has 5 nitrogen and oxygen atoms in total. The molecule has 4 rings (SSSR count). The molecule has 35 heavy (non-hydrogen) atoms. The molecule has 1 aliphatic carbocycles. The first kappa shape index (κ1) is 25.4. The predicted molar refractivity (Wildman–Crippen MR) is 140 cm³/mol. The molecule has 1 aromatic heterocycles. The normalized spacial score (nSPS) is 20.8. The molecule has 0 N–H and O–H groups in total. The van der Waals surface area contributed by atoms with Crippen LogP contribution in [0.4, 0.5) is 0 Å². The molecule has 2 aromatic rings. The van der Waals surface area contributed by atoms with Crippen molar-refractivity contribution < 1.29 is 14.3 Å². The lowest BCUT2D eigenvalue weighted by atomic mass is 9.66. The van der Waals surface area contributed by atoms with Crippen LogP contribution in [0.1, 0.15) is 109 Å². The molecular formula is C30H40N2O3. The number of aromatic nitrogens is 2. The summed E-state index contributed by atoms with van der Waals surface area (Å²) < 4.78 is 12.6. The monoisotopic (exact) mass is 476 g/mol. The molecule has 1 aliphatic heterocycles. The number of carbonyl (C=O) groups excluding carboxylic acids is 1. The zero-order valence-corrected chi connectivity index (χ0v) is 22.2. The fraction of sp³-hybridized carbons (Fsp3) is 0.567. The van der Waals surface area contributed by atoms with E-state index in [4.69, 9.17) is 9.47 Å². The molecule has 0 bridgehead atoms. The first-order valence-corrected chi connectivity index (χ1v) is 13.1. The highest BCUT2D eigenvalue weighted by Crippen LogP contribution is 2.56. The Balaban J connectivity index is 1.75. The molecule has 0 unspecified atom stereocenters. The summed E-state index contributed by atoms with van der Waals surface area (Å²) in [5, 5.41) is 0. The van der Waals surface area contributed by atoms with E-state index in [-0.39, 0.29) is 28.8 Å². The number of rotatable bonds is 8. The van der Waals surface area contributed by atoms with E-state index in [0.29, 0.717) is 5.75 Å². The van der Waals surface area contributed by atoms with Gasteiger partial charge in [-0.2, -0.15) is 0 Å². The van der Waals surface area contributed by atoms with Crippen LogP contribution in [0.25, 0.3) is 5.57 Å². The number of fused-ring (bicyclic) bond motifs is 3. The zero-order chi connectivity index (χ0) is 25.2. The number of carbonyl (C=O) groups is 1. The van der Waals surface area contributed by atoms with Gasteiger partial charge in [-0.3, -0.25) is 4.79 Å². The minimum atomic E-state index is -0.331. The number of nitrogens with zero attached hydrogens (tertiary/aromatic N) is 2. The second-order valence-electron chi connectivity index (χ2n) is 11.4. The molecule has 2 aliphatic rings. The van der Waals surface area contributed by atoms with Gasteiger partial charge in [0.2, 0.25) is 0 Å². The lowest BCUT2D eigenvalue weighted by Crippen LogP contribution is -2.45. The molecule has 0 saturated carbocycles. The van der Waals surface area contributed by atoms with Crippen LogP contribution in [0.3, 0.4) is 0 Å². The first-order chi connectivity index (χ1) is 16.6. The third-order valence-corrected chi connectivity index (χ3v) is 7.89. The van der Waals surface area contributed by atoms with Gasteiger partial charge in [-0.15, -0.1) is 0 Å². The van der Waals surface area contributed by atoms with Crippen molar-refractivity contribution in [2.45, 2.75) is 103 Å². The summed E-state index contributed by atoms with van der Waals surface area (Å²) in [4.78, 5) is 20.8. The summed E-state index contributed by atoms with van der Waals surface area (Å²) in [5.41, 5.74) is 3.99. The SMILES string of the molecule is CCCCCCC(C)(C)c1cc(OC(C)=O)c2c(c1)OC(C)(C)[C@@H]1CC=C(c3ccncn3)C[C@@H]21. The van der Waals surface area contributed by atoms with Gasteiger partial charge in [-0.05, 0) is 67.9 Å². The van der Waals surface area contributed by atoms with Crippen LogP contribution >= 0.6 is 0 Å². The Morgan fingerprint density at radius 3 is 2.71 bits per heavy atom. The van der Waals surface area contributed by atoms with Gasteiger partial charge < -0.3 is 9.47 Å². The standard InChI is InChI=1S/C30H40N2O3/c1-7-8-9-10-14-29(3,4)22-17-26(34-20(2)33)28-23-16-21(25-13-15-31-19-32-25)11-12-24(23)30(5,6)35-27(28)18-22/h11,13,15,17-19,23-24H,7-10,12,14,16H2,1-6H3/t23-,24-/m1/s1. The van der Waals surface area contributed by atoms with Gasteiger partial charge in [0.25, 0.3) is 0 Å².